The molecule has 0 aliphatic rings. The third-order valence-electron chi connectivity index (χ3n) is 4.09. The minimum atomic E-state index is -0.256. The second-order valence-corrected chi connectivity index (χ2v) is 5.99. The van der Waals surface area contributed by atoms with Crippen LogP contribution in [0, 0.1) is 18.8 Å². The third-order valence-corrected chi connectivity index (χ3v) is 4.09. The van der Waals surface area contributed by atoms with Crippen molar-refractivity contribution in [1.29, 1.82) is 0 Å². The molecular formula is C28H40N2O2. The Morgan fingerprint density at radius 1 is 0.906 bits per heavy atom. The highest BCUT2D eigenvalue weighted by Crippen LogP contribution is 2.19. The van der Waals surface area contributed by atoms with Gasteiger partial charge in [0.25, 0.3) is 5.91 Å². The number of carbonyl (C=O) groups excluding carboxylic acids is 2. The van der Waals surface area contributed by atoms with Gasteiger partial charge in [-0.15, -0.1) is 0 Å². The molecule has 2 N–H and O–H groups in total. The topological polar surface area (TPSA) is 58.2 Å². The van der Waals surface area contributed by atoms with Crippen LogP contribution in [-0.2, 0) is 22.4 Å². The summed E-state index contributed by atoms with van der Waals surface area (Å²) in [5.41, 5.74) is 5.25. The molecule has 0 aromatic heterocycles. The fraction of sp³-hybridized carbons (Fsp3) is 0.357. The van der Waals surface area contributed by atoms with E-state index in [4.69, 9.17) is 0 Å². The third kappa shape index (κ3) is 11.8. The van der Waals surface area contributed by atoms with Crippen LogP contribution in [0.1, 0.15) is 65.2 Å². The molecule has 0 atom stereocenters. The lowest BCUT2D eigenvalue weighted by Gasteiger charge is -2.10. The highest BCUT2D eigenvalue weighted by molar-refractivity contribution is 6.04. The first-order chi connectivity index (χ1) is 15.5. The molecule has 0 aliphatic heterocycles. The van der Waals surface area contributed by atoms with E-state index in [2.05, 4.69) is 42.9 Å². The van der Waals surface area contributed by atoms with Crippen LogP contribution >= 0.6 is 0 Å². The molecule has 0 saturated heterocycles. The van der Waals surface area contributed by atoms with Crippen LogP contribution in [0.5, 0.6) is 0 Å². The highest BCUT2D eigenvalue weighted by atomic mass is 16.2. The van der Waals surface area contributed by atoms with Crippen molar-refractivity contribution >= 4 is 23.2 Å². The summed E-state index contributed by atoms with van der Waals surface area (Å²) in [4.78, 5) is 22.3. The van der Waals surface area contributed by atoms with E-state index in [1.54, 1.807) is 6.92 Å². The van der Waals surface area contributed by atoms with Crippen molar-refractivity contribution in [3.05, 3.63) is 71.8 Å². The molecule has 2 amide bonds. The molecule has 0 bridgehead atoms. The molecule has 4 nitrogen and oxygen atoms in total. The highest BCUT2D eigenvalue weighted by Gasteiger charge is 2.04. The van der Waals surface area contributed by atoms with E-state index in [0.29, 0.717) is 0 Å². The Morgan fingerprint density at radius 3 is 2.03 bits per heavy atom. The summed E-state index contributed by atoms with van der Waals surface area (Å²) in [7, 11) is 0. The molecule has 32 heavy (non-hydrogen) atoms. The van der Waals surface area contributed by atoms with Crippen molar-refractivity contribution in [2.24, 2.45) is 0 Å². The normalized spacial score (nSPS) is 8.38. The molecule has 0 spiro atoms. The molecule has 0 fully saturated rings. The lowest BCUT2D eigenvalue weighted by Crippen LogP contribution is -2.09. The fourth-order valence-electron chi connectivity index (χ4n) is 2.69. The number of nitrogens with one attached hydrogen (secondary N) is 2. The second kappa shape index (κ2) is 19.6. The maximum absolute atomic E-state index is 11.2. The molecular weight excluding hydrogens is 396 g/mol. The SMILES string of the molecule is C=CC(=O)Nc1cccc(C)c1CC.CC.CC.CC#CC(=O)Nc1ccccc1CC. The lowest BCUT2D eigenvalue weighted by atomic mass is 10.0. The van der Waals surface area contributed by atoms with E-state index in [9.17, 15) is 9.59 Å². The molecule has 0 unspecified atom stereocenters. The summed E-state index contributed by atoms with van der Waals surface area (Å²) >= 11 is 0. The van der Waals surface area contributed by atoms with E-state index in [-0.39, 0.29) is 11.8 Å². The molecule has 4 heteroatoms. The Hall–Kier alpha value is -3.32. The average molecular weight is 437 g/mol. The van der Waals surface area contributed by atoms with Crippen LogP contribution in [-0.4, -0.2) is 11.8 Å². The predicted molar refractivity (Wildman–Crippen MR) is 140 cm³/mol. The summed E-state index contributed by atoms with van der Waals surface area (Å²) in [6.07, 6.45) is 3.09. The lowest BCUT2D eigenvalue weighted by molar-refractivity contribution is -0.112. The summed E-state index contributed by atoms with van der Waals surface area (Å²) < 4.78 is 0. The van der Waals surface area contributed by atoms with Crippen LogP contribution in [0.15, 0.2) is 55.1 Å². The molecule has 2 rings (SSSR count). The first kappa shape index (κ1) is 30.9. The van der Waals surface area contributed by atoms with Gasteiger partial charge >= 0.3 is 0 Å². The van der Waals surface area contributed by atoms with Crippen molar-refractivity contribution in [3.63, 3.8) is 0 Å². The van der Waals surface area contributed by atoms with Gasteiger partial charge in [0.15, 0.2) is 0 Å². The molecule has 0 heterocycles. The molecule has 0 saturated carbocycles. The van der Waals surface area contributed by atoms with Gasteiger partial charge in [0.2, 0.25) is 5.91 Å². The molecule has 2 aromatic rings. The Kier molecular flexibility index (Phi) is 18.9. The van der Waals surface area contributed by atoms with E-state index >= 15 is 0 Å². The summed E-state index contributed by atoms with van der Waals surface area (Å²) in [5.74, 6) is 4.59. The number of amides is 2. The minimum Gasteiger partial charge on any atom is -0.322 e. The van der Waals surface area contributed by atoms with Crippen molar-refractivity contribution < 1.29 is 9.59 Å². The van der Waals surface area contributed by atoms with Gasteiger partial charge < -0.3 is 10.6 Å². The van der Waals surface area contributed by atoms with Gasteiger partial charge in [-0.2, -0.15) is 0 Å². The van der Waals surface area contributed by atoms with Crippen molar-refractivity contribution in [3.8, 4) is 11.8 Å². The standard InChI is InChI=1S/C12H15NO.C12H13NO.2C2H6/c1-4-10-9(3)7-6-8-11(10)13-12(14)5-2;1-3-7-12(14)13-11-9-6-5-8-10(11)4-2;2*1-2/h5-8H,2,4H2,1,3H3,(H,13,14);5-6,8-9H,4H2,1-2H3,(H,13,14);2*1-2H3. The van der Waals surface area contributed by atoms with Gasteiger partial charge in [0.1, 0.15) is 0 Å². The quantitative estimate of drug-likeness (QED) is 0.394. The zero-order valence-corrected chi connectivity index (χ0v) is 21.1. The number of benzene rings is 2. The average Bonchev–Trinajstić information content (AvgIpc) is 2.82. The summed E-state index contributed by atoms with van der Waals surface area (Å²) in [5, 5.41) is 5.54. The van der Waals surface area contributed by atoms with E-state index in [1.807, 2.05) is 77.1 Å². The second-order valence-electron chi connectivity index (χ2n) is 5.99. The van der Waals surface area contributed by atoms with Crippen molar-refractivity contribution in [2.45, 2.75) is 68.2 Å². The Bertz CT molecular complexity index is 890. The minimum absolute atomic E-state index is 0.162. The monoisotopic (exact) mass is 436 g/mol. The van der Waals surface area contributed by atoms with Gasteiger partial charge in [-0.3, -0.25) is 9.59 Å². The molecule has 2 aromatic carbocycles. The van der Waals surface area contributed by atoms with Crippen molar-refractivity contribution in [2.75, 3.05) is 10.6 Å². The fourth-order valence-corrected chi connectivity index (χ4v) is 2.69. The molecule has 0 radical (unpaired) electrons. The summed E-state index contributed by atoms with van der Waals surface area (Å²) in [6, 6.07) is 13.6. The van der Waals surface area contributed by atoms with Gasteiger partial charge in [0.05, 0.1) is 0 Å². The van der Waals surface area contributed by atoms with Gasteiger partial charge in [-0.05, 0) is 67.5 Å². The van der Waals surface area contributed by atoms with Crippen LogP contribution in [0.3, 0.4) is 0 Å². The maximum Gasteiger partial charge on any atom is 0.300 e. The smallest absolute Gasteiger partial charge is 0.300 e. The van der Waals surface area contributed by atoms with Gasteiger partial charge in [-0.1, -0.05) is 84.4 Å². The maximum atomic E-state index is 11.2. The number of para-hydroxylation sites is 1. The van der Waals surface area contributed by atoms with Gasteiger partial charge in [0, 0.05) is 11.4 Å². The van der Waals surface area contributed by atoms with E-state index < -0.39 is 0 Å². The van der Waals surface area contributed by atoms with Crippen LogP contribution in [0.25, 0.3) is 0 Å². The Morgan fingerprint density at radius 2 is 1.50 bits per heavy atom. The van der Waals surface area contributed by atoms with Crippen LogP contribution in [0.4, 0.5) is 11.4 Å². The zero-order valence-electron chi connectivity index (χ0n) is 21.1. The molecule has 0 aliphatic carbocycles. The number of hydrogen-bond acceptors (Lipinski definition) is 2. The number of carbonyl (C=O) groups is 2. The van der Waals surface area contributed by atoms with E-state index in [1.165, 1.54) is 17.2 Å². The Balaban J connectivity index is 0. The predicted octanol–water partition coefficient (Wildman–Crippen LogP) is 6.95. The largest absolute Gasteiger partial charge is 0.322 e. The first-order valence-corrected chi connectivity index (χ1v) is 11.3. The number of rotatable bonds is 5. The van der Waals surface area contributed by atoms with Gasteiger partial charge in [-0.25, -0.2) is 0 Å². The number of aryl methyl sites for hydroxylation is 2. The Labute approximate surface area is 195 Å². The van der Waals surface area contributed by atoms with Crippen LogP contribution < -0.4 is 10.6 Å². The van der Waals surface area contributed by atoms with Crippen molar-refractivity contribution in [1.82, 2.24) is 0 Å². The first-order valence-electron chi connectivity index (χ1n) is 11.3. The number of hydrogen-bond donors (Lipinski definition) is 2. The number of anilines is 2. The van der Waals surface area contributed by atoms with Crippen LogP contribution in [0.2, 0.25) is 0 Å². The van der Waals surface area contributed by atoms with E-state index in [0.717, 1.165) is 29.8 Å². The molecule has 174 valence electrons. The zero-order chi connectivity index (χ0) is 24.9. The summed E-state index contributed by atoms with van der Waals surface area (Å²) in [6.45, 7) is 19.2.